The van der Waals surface area contributed by atoms with Crippen molar-refractivity contribution in [2.75, 3.05) is 6.61 Å². The van der Waals surface area contributed by atoms with Crippen LogP contribution in [0.25, 0.3) is 0 Å². The lowest BCUT2D eigenvalue weighted by Crippen LogP contribution is -2.27. The van der Waals surface area contributed by atoms with E-state index in [0.29, 0.717) is 16.9 Å². The van der Waals surface area contributed by atoms with Gasteiger partial charge in [-0.15, -0.1) is 0 Å². The molecule has 2 rings (SSSR count). The van der Waals surface area contributed by atoms with Crippen molar-refractivity contribution < 1.29 is 14.3 Å². The number of benzene rings is 1. The Morgan fingerprint density at radius 2 is 2.10 bits per heavy atom. The summed E-state index contributed by atoms with van der Waals surface area (Å²) in [4.78, 5) is 12.3. The van der Waals surface area contributed by atoms with Crippen molar-refractivity contribution in [3.8, 4) is 11.8 Å². The average Bonchev–Trinajstić information content (AvgIpc) is 2.92. The monoisotopic (exact) mass is 283 g/mol. The van der Waals surface area contributed by atoms with E-state index in [0.717, 1.165) is 5.76 Å². The first-order valence-electron chi connectivity index (χ1n) is 6.67. The normalized spacial score (nSPS) is 11.4. The number of aliphatic hydroxyl groups excluding tert-OH is 1. The third-order valence-electron chi connectivity index (χ3n) is 3.01. The molecule has 108 valence electrons. The van der Waals surface area contributed by atoms with E-state index >= 15 is 0 Å². The molecule has 0 aliphatic rings. The quantitative estimate of drug-likeness (QED) is 0.850. The summed E-state index contributed by atoms with van der Waals surface area (Å²) in [6, 6.07) is 10.5. The van der Waals surface area contributed by atoms with Gasteiger partial charge in [-0.2, -0.15) is 0 Å². The molecule has 1 unspecified atom stereocenters. The van der Waals surface area contributed by atoms with Crippen molar-refractivity contribution in [1.82, 2.24) is 5.32 Å². The highest BCUT2D eigenvalue weighted by molar-refractivity contribution is 5.96. The lowest BCUT2D eigenvalue weighted by molar-refractivity contribution is 0.0935. The van der Waals surface area contributed by atoms with Gasteiger partial charge in [0.05, 0.1) is 11.6 Å². The fraction of sp³-hybridized carbons (Fsp3) is 0.235. The molecular formula is C17H17NO3. The zero-order valence-corrected chi connectivity index (χ0v) is 12.0. The van der Waals surface area contributed by atoms with Gasteiger partial charge in [-0.05, 0) is 38.1 Å². The first kappa shape index (κ1) is 14.9. The minimum atomic E-state index is -0.238. The Morgan fingerprint density at radius 1 is 1.33 bits per heavy atom. The first-order chi connectivity index (χ1) is 10.1. The van der Waals surface area contributed by atoms with Crippen LogP contribution in [0.5, 0.6) is 0 Å². The number of aliphatic hydroxyl groups is 1. The third-order valence-corrected chi connectivity index (χ3v) is 3.01. The molecule has 4 nitrogen and oxygen atoms in total. The lowest BCUT2D eigenvalue weighted by atomic mass is 10.1. The summed E-state index contributed by atoms with van der Waals surface area (Å²) < 4.78 is 5.50. The van der Waals surface area contributed by atoms with Gasteiger partial charge < -0.3 is 14.8 Å². The molecule has 0 saturated heterocycles. The molecule has 0 spiro atoms. The van der Waals surface area contributed by atoms with Crippen molar-refractivity contribution in [2.24, 2.45) is 0 Å². The van der Waals surface area contributed by atoms with Crippen LogP contribution >= 0.6 is 0 Å². The van der Waals surface area contributed by atoms with Crippen molar-refractivity contribution in [1.29, 1.82) is 0 Å². The molecule has 0 fully saturated rings. The van der Waals surface area contributed by atoms with Crippen LogP contribution in [0, 0.1) is 18.8 Å². The van der Waals surface area contributed by atoms with E-state index in [9.17, 15) is 4.79 Å². The van der Waals surface area contributed by atoms with E-state index in [-0.39, 0.29) is 18.6 Å². The summed E-state index contributed by atoms with van der Waals surface area (Å²) in [5.41, 5.74) is 1.07. The van der Waals surface area contributed by atoms with Crippen molar-refractivity contribution >= 4 is 5.91 Å². The second-order valence-corrected chi connectivity index (χ2v) is 4.65. The van der Waals surface area contributed by atoms with Crippen LogP contribution < -0.4 is 5.32 Å². The molecule has 0 radical (unpaired) electrons. The van der Waals surface area contributed by atoms with Gasteiger partial charge in [-0.1, -0.05) is 24.0 Å². The number of hydrogen-bond donors (Lipinski definition) is 2. The Labute approximate surface area is 123 Å². The van der Waals surface area contributed by atoms with Gasteiger partial charge in [0.2, 0.25) is 0 Å². The number of nitrogens with one attached hydrogen (secondary N) is 1. The van der Waals surface area contributed by atoms with Crippen LogP contribution in [-0.4, -0.2) is 17.6 Å². The Balaban J connectivity index is 2.17. The van der Waals surface area contributed by atoms with E-state index in [4.69, 9.17) is 9.52 Å². The molecular weight excluding hydrogens is 266 g/mol. The molecule has 0 aliphatic heterocycles. The molecule has 1 aromatic heterocycles. The fourth-order valence-electron chi connectivity index (χ4n) is 1.96. The van der Waals surface area contributed by atoms with E-state index in [1.165, 1.54) is 0 Å². The highest BCUT2D eigenvalue weighted by Gasteiger charge is 2.15. The SMILES string of the molecule is Cc1ccc(C(C)NC(=O)c2ccccc2C#CCO)o1. The van der Waals surface area contributed by atoms with Gasteiger partial charge in [-0.3, -0.25) is 4.79 Å². The number of furan rings is 1. The largest absolute Gasteiger partial charge is 0.464 e. The molecule has 0 bridgehead atoms. The molecule has 1 amide bonds. The van der Waals surface area contributed by atoms with Crippen molar-refractivity contribution in [2.45, 2.75) is 19.9 Å². The maximum atomic E-state index is 12.3. The zero-order chi connectivity index (χ0) is 15.2. The molecule has 2 aromatic rings. The summed E-state index contributed by atoms with van der Waals surface area (Å²) in [7, 11) is 0. The van der Waals surface area contributed by atoms with Crippen molar-refractivity contribution in [3.05, 3.63) is 59.0 Å². The second-order valence-electron chi connectivity index (χ2n) is 4.65. The van der Waals surface area contributed by atoms with Crippen molar-refractivity contribution in [3.63, 3.8) is 0 Å². The number of carbonyl (C=O) groups excluding carboxylic acids is 1. The maximum absolute atomic E-state index is 12.3. The zero-order valence-electron chi connectivity index (χ0n) is 12.0. The Bertz CT molecular complexity index is 691. The number of aryl methyl sites for hydroxylation is 1. The predicted molar refractivity (Wildman–Crippen MR) is 79.7 cm³/mol. The van der Waals surface area contributed by atoms with E-state index in [1.54, 1.807) is 24.3 Å². The predicted octanol–water partition coefficient (Wildman–Crippen LogP) is 2.42. The lowest BCUT2D eigenvalue weighted by Gasteiger charge is -2.12. The number of carbonyl (C=O) groups is 1. The van der Waals surface area contributed by atoms with E-state index in [2.05, 4.69) is 17.2 Å². The fourth-order valence-corrected chi connectivity index (χ4v) is 1.96. The van der Waals surface area contributed by atoms with Crippen LogP contribution in [0.4, 0.5) is 0 Å². The van der Waals surface area contributed by atoms with Crippen LogP contribution in [-0.2, 0) is 0 Å². The van der Waals surface area contributed by atoms with Crippen LogP contribution in [0.3, 0.4) is 0 Å². The smallest absolute Gasteiger partial charge is 0.253 e. The highest BCUT2D eigenvalue weighted by Crippen LogP contribution is 2.17. The molecule has 1 aromatic carbocycles. The average molecular weight is 283 g/mol. The first-order valence-corrected chi connectivity index (χ1v) is 6.67. The molecule has 21 heavy (non-hydrogen) atoms. The minimum Gasteiger partial charge on any atom is -0.464 e. The Morgan fingerprint density at radius 3 is 2.76 bits per heavy atom. The summed E-state index contributed by atoms with van der Waals surface area (Å²) in [5, 5.41) is 11.6. The third kappa shape index (κ3) is 3.74. The van der Waals surface area contributed by atoms with Gasteiger partial charge in [0, 0.05) is 5.56 Å². The minimum absolute atomic E-state index is 0.223. The van der Waals surface area contributed by atoms with Gasteiger partial charge in [-0.25, -0.2) is 0 Å². The van der Waals surface area contributed by atoms with Crippen LogP contribution in [0.1, 0.15) is 40.4 Å². The highest BCUT2D eigenvalue weighted by atomic mass is 16.3. The molecule has 2 N–H and O–H groups in total. The topological polar surface area (TPSA) is 62.5 Å². The number of amides is 1. The summed E-state index contributed by atoms with van der Waals surface area (Å²) in [6.07, 6.45) is 0. The van der Waals surface area contributed by atoms with E-state index < -0.39 is 0 Å². The summed E-state index contributed by atoms with van der Waals surface area (Å²) >= 11 is 0. The Hall–Kier alpha value is -2.51. The van der Waals surface area contributed by atoms with Crippen LogP contribution in [0.2, 0.25) is 0 Å². The summed E-state index contributed by atoms with van der Waals surface area (Å²) in [6.45, 7) is 3.48. The van der Waals surface area contributed by atoms with Gasteiger partial charge in [0.25, 0.3) is 5.91 Å². The second kappa shape index (κ2) is 6.78. The molecule has 4 heteroatoms. The molecule has 1 heterocycles. The summed E-state index contributed by atoms with van der Waals surface area (Å²) in [5.74, 6) is 6.62. The molecule has 0 aliphatic carbocycles. The number of hydrogen-bond acceptors (Lipinski definition) is 3. The van der Waals surface area contributed by atoms with Gasteiger partial charge >= 0.3 is 0 Å². The van der Waals surface area contributed by atoms with Crippen LogP contribution in [0.15, 0.2) is 40.8 Å². The molecule has 0 saturated carbocycles. The number of rotatable bonds is 3. The van der Waals surface area contributed by atoms with Gasteiger partial charge in [0.1, 0.15) is 18.1 Å². The van der Waals surface area contributed by atoms with E-state index in [1.807, 2.05) is 26.0 Å². The molecule has 1 atom stereocenters. The van der Waals surface area contributed by atoms with Gasteiger partial charge in [0.15, 0.2) is 0 Å². The maximum Gasteiger partial charge on any atom is 0.253 e. The standard InChI is InChI=1S/C17H17NO3/c1-12-9-10-16(21-12)13(2)18-17(20)15-8-4-3-6-14(15)7-5-11-19/h3-4,6,8-10,13,19H,11H2,1-2H3,(H,18,20). The Kier molecular flexibility index (Phi) is 4.81.